The van der Waals surface area contributed by atoms with Crippen molar-refractivity contribution in [3.63, 3.8) is 0 Å². The number of unbranched alkanes of at least 4 members (excludes halogenated alkanes) is 3. The van der Waals surface area contributed by atoms with Gasteiger partial charge < -0.3 is 10.8 Å². The van der Waals surface area contributed by atoms with E-state index in [-0.39, 0.29) is 10.8 Å². The molecule has 0 saturated heterocycles. The van der Waals surface area contributed by atoms with Crippen LogP contribution in [0.15, 0.2) is 12.1 Å². The molecule has 126 valence electrons. The lowest BCUT2D eigenvalue weighted by atomic mass is 9.78. The predicted octanol–water partition coefficient (Wildman–Crippen LogP) is 5.05. The summed E-state index contributed by atoms with van der Waals surface area (Å²) in [4.78, 5) is 0. The first-order valence-electron chi connectivity index (χ1n) is 8.64. The summed E-state index contributed by atoms with van der Waals surface area (Å²) in [5.74, 6) is 0.479. The van der Waals surface area contributed by atoms with Gasteiger partial charge in [-0.25, -0.2) is 0 Å². The molecule has 0 heterocycles. The molecule has 0 aliphatic rings. The van der Waals surface area contributed by atoms with Crippen LogP contribution in [-0.2, 0) is 17.3 Å². The van der Waals surface area contributed by atoms with Gasteiger partial charge in [-0.05, 0) is 53.3 Å². The van der Waals surface area contributed by atoms with E-state index in [0.717, 1.165) is 30.5 Å². The number of hydrogen-bond donors (Lipinski definition) is 2. The van der Waals surface area contributed by atoms with Gasteiger partial charge in [0.15, 0.2) is 0 Å². The van der Waals surface area contributed by atoms with Crippen LogP contribution in [0, 0.1) is 0 Å². The molecule has 0 spiro atoms. The van der Waals surface area contributed by atoms with Crippen LogP contribution >= 0.6 is 0 Å². The first kappa shape index (κ1) is 19.0. The van der Waals surface area contributed by atoms with Crippen LogP contribution in [0.2, 0.25) is 0 Å². The second-order valence-electron chi connectivity index (χ2n) is 8.49. The fraction of sp³-hybridized carbons (Fsp3) is 0.700. The quantitative estimate of drug-likeness (QED) is 0.722. The van der Waals surface area contributed by atoms with E-state index in [4.69, 9.17) is 5.73 Å². The van der Waals surface area contributed by atoms with Gasteiger partial charge in [0.2, 0.25) is 0 Å². The van der Waals surface area contributed by atoms with E-state index >= 15 is 0 Å². The second kappa shape index (κ2) is 7.50. The lowest BCUT2D eigenvalue weighted by Gasteiger charge is -2.28. The van der Waals surface area contributed by atoms with Gasteiger partial charge in [-0.2, -0.15) is 0 Å². The number of aromatic hydroxyl groups is 1. The van der Waals surface area contributed by atoms with Gasteiger partial charge in [0.05, 0.1) is 0 Å². The van der Waals surface area contributed by atoms with E-state index in [1.54, 1.807) is 0 Å². The smallest absolute Gasteiger partial charge is 0.123 e. The molecule has 22 heavy (non-hydrogen) atoms. The molecule has 0 fully saturated rings. The van der Waals surface area contributed by atoms with Gasteiger partial charge in [-0.1, -0.05) is 66.5 Å². The topological polar surface area (TPSA) is 46.2 Å². The molecular formula is C20H35NO. The molecule has 1 aromatic rings. The summed E-state index contributed by atoms with van der Waals surface area (Å²) >= 11 is 0. The predicted molar refractivity (Wildman–Crippen MR) is 96.7 cm³/mol. The van der Waals surface area contributed by atoms with Crippen molar-refractivity contribution in [3.8, 4) is 5.75 Å². The fourth-order valence-corrected chi connectivity index (χ4v) is 2.81. The minimum absolute atomic E-state index is 0.0420. The van der Waals surface area contributed by atoms with E-state index in [0.29, 0.717) is 5.75 Å². The normalized spacial score (nSPS) is 12.7. The Balaban J connectivity index is 3.03. The van der Waals surface area contributed by atoms with E-state index in [9.17, 15) is 5.11 Å². The third-order valence-electron chi connectivity index (χ3n) is 4.21. The minimum Gasteiger partial charge on any atom is -0.507 e. The van der Waals surface area contributed by atoms with Crippen molar-refractivity contribution >= 4 is 0 Å². The van der Waals surface area contributed by atoms with Gasteiger partial charge in [0.25, 0.3) is 0 Å². The first-order chi connectivity index (χ1) is 10.1. The highest BCUT2D eigenvalue weighted by Crippen LogP contribution is 2.40. The van der Waals surface area contributed by atoms with Gasteiger partial charge >= 0.3 is 0 Å². The van der Waals surface area contributed by atoms with Crippen molar-refractivity contribution in [2.75, 3.05) is 6.54 Å². The maximum absolute atomic E-state index is 10.7. The standard InChI is InChI=1S/C20H35NO/c1-19(2,3)16-13-15(11-9-7-8-10-12-21)14-17(18(16)22)20(4,5)6/h13-14,22H,7-12,21H2,1-6H3. The summed E-state index contributed by atoms with van der Waals surface area (Å²) in [6.07, 6.45) is 5.84. The maximum Gasteiger partial charge on any atom is 0.123 e. The molecule has 0 radical (unpaired) electrons. The Morgan fingerprint density at radius 3 is 1.68 bits per heavy atom. The highest BCUT2D eigenvalue weighted by Gasteiger charge is 2.26. The van der Waals surface area contributed by atoms with Gasteiger partial charge in [-0.15, -0.1) is 0 Å². The SMILES string of the molecule is CC(C)(C)c1cc(CCCCCCN)cc(C(C)(C)C)c1O. The van der Waals surface area contributed by atoms with Crippen molar-refractivity contribution in [1.29, 1.82) is 0 Å². The molecule has 0 aromatic heterocycles. The summed E-state index contributed by atoms with van der Waals surface area (Å²) in [7, 11) is 0. The number of rotatable bonds is 6. The summed E-state index contributed by atoms with van der Waals surface area (Å²) in [6.45, 7) is 13.8. The summed E-state index contributed by atoms with van der Waals surface area (Å²) in [5, 5.41) is 10.7. The molecule has 0 aliphatic carbocycles. The van der Waals surface area contributed by atoms with Gasteiger partial charge in [-0.3, -0.25) is 0 Å². The van der Waals surface area contributed by atoms with Crippen molar-refractivity contribution in [2.24, 2.45) is 5.73 Å². The van der Waals surface area contributed by atoms with E-state index in [1.165, 1.54) is 24.8 Å². The highest BCUT2D eigenvalue weighted by atomic mass is 16.3. The van der Waals surface area contributed by atoms with Crippen LogP contribution in [0.3, 0.4) is 0 Å². The molecule has 0 unspecified atom stereocenters. The molecule has 1 aromatic carbocycles. The molecule has 0 aliphatic heterocycles. The maximum atomic E-state index is 10.7. The number of benzene rings is 1. The number of hydrogen-bond acceptors (Lipinski definition) is 2. The van der Waals surface area contributed by atoms with Gasteiger partial charge in [0, 0.05) is 0 Å². The summed E-state index contributed by atoms with van der Waals surface area (Å²) < 4.78 is 0. The molecule has 2 nitrogen and oxygen atoms in total. The minimum atomic E-state index is -0.0420. The molecule has 2 heteroatoms. The van der Waals surface area contributed by atoms with E-state index < -0.39 is 0 Å². The third kappa shape index (κ3) is 5.31. The molecule has 1 rings (SSSR count). The number of nitrogens with two attached hydrogens (primary N) is 1. The van der Waals surface area contributed by atoms with E-state index in [1.807, 2.05) is 0 Å². The summed E-state index contributed by atoms with van der Waals surface area (Å²) in [6, 6.07) is 4.40. The van der Waals surface area contributed by atoms with Crippen molar-refractivity contribution in [2.45, 2.75) is 84.5 Å². The Kier molecular flexibility index (Phi) is 6.49. The van der Waals surface area contributed by atoms with Crippen LogP contribution in [0.25, 0.3) is 0 Å². The highest BCUT2D eigenvalue weighted by molar-refractivity contribution is 5.49. The Morgan fingerprint density at radius 2 is 1.27 bits per heavy atom. The largest absolute Gasteiger partial charge is 0.507 e. The van der Waals surface area contributed by atoms with Gasteiger partial charge in [0.1, 0.15) is 5.75 Å². The zero-order chi connectivity index (χ0) is 17.0. The molecule has 0 bridgehead atoms. The summed E-state index contributed by atoms with van der Waals surface area (Å²) in [5.41, 5.74) is 8.94. The van der Waals surface area contributed by atoms with Crippen molar-refractivity contribution < 1.29 is 5.11 Å². The fourth-order valence-electron chi connectivity index (χ4n) is 2.81. The average molecular weight is 306 g/mol. The third-order valence-corrected chi connectivity index (χ3v) is 4.21. The Bertz CT molecular complexity index is 442. The van der Waals surface area contributed by atoms with Crippen molar-refractivity contribution in [3.05, 3.63) is 28.8 Å². The van der Waals surface area contributed by atoms with Crippen molar-refractivity contribution in [1.82, 2.24) is 0 Å². The monoisotopic (exact) mass is 305 g/mol. The zero-order valence-electron chi connectivity index (χ0n) is 15.4. The van der Waals surface area contributed by atoms with Crippen LogP contribution in [0.4, 0.5) is 0 Å². The Hall–Kier alpha value is -1.02. The lowest BCUT2D eigenvalue weighted by Crippen LogP contribution is -2.18. The van der Waals surface area contributed by atoms with Crippen LogP contribution in [0.5, 0.6) is 5.75 Å². The Morgan fingerprint density at radius 1 is 0.818 bits per heavy atom. The lowest BCUT2D eigenvalue weighted by molar-refractivity contribution is 0.422. The second-order valence-corrected chi connectivity index (χ2v) is 8.49. The number of aryl methyl sites for hydroxylation is 1. The average Bonchev–Trinajstić information content (AvgIpc) is 2.37. The molecule has 3 N–H and O–H groups in total. The first-order valence-corrected chi connectivity index (χ1v) is 8.64. The van der Waals surface area contributed by atoms with Crippen LogP contribution in [0.1, 0.15) is 83.9 Å². The number of phenols is 1. The molecule has 0 saturated carbocycles. The van der Waals surface area contributed by atoms with E-state index in [2.05, 4.69) is 53.7 Å². The zero-order valence-corrected chi connectivity index (χ0v) is 15.4. The molecule has 0 amide bonds. The van der Waals surface area contributed by atoms with Crippen LogP contribution < -0.4 is 5.73 Å². The molecular weight excluding hydrogens is 270 g/mol. The Labute approximate surface area is 137 Å². The van der Waals surface area contributed by atoms with Crippen LogP contribution in [-0.4, -0.2) is 11.7 Å². The number of phenolic OH excluding ortho intramolecular Hbond substituents is 1. The molecule has 0 atom stereocenters.